The summed E-state index contributed by atoms with van der Waals surface area (Å²) in [5, 5.41) is 0. The molecular weight excluding hydrogens is 338 g/mol. The van der Waals surface area contributed by atoms with Gasteiger partial charge in [-0.05, 0) is 38.9 Å². The van der Waals surface area contributed by atoms with E-state index in [0.29, 0.717) is 0 Å². The summed E-state index contributed by atoms with van der Waals surface area (Å²) in [6.45, 7) is 11.0. The highest BCUT2D eigenvalue weighted by atomic mass is 15.1. The van der Waals surface area contributed by atoms with E-state index in [1.807, 2.05) is 0 Å². The molecule has 1 heteroatoms. The zero-order valence-corrected chi connectivity index (χ0v) is 20.4. The molecule has 0 atom stereocenters. The molecule has 170 valence electrons. The third kappa shape index (κ3) is 22.3. The molecule has 0 aromatic carbocycles. The van der Waals surface area contributed by atoms with Gasteiger partial charge in [-0.2, -0.15) is 0 Å². The predicted octanol–water partition coefficient (Wildman–Crippen LogP) is 9.54. The summed E-state index contributed by atoms with van der Waals surface area (Å²) in [6.07, 6.45) is 30.2. The lowest BCUT2D eigenvalue weighted by Crippen LogP contribution is -2.27. The zero-order chi connectivity index (χ0) is 20.5. The van der Waals surface area contributed by atoms with E-state index in [0.717, 1.165) is 0 Å². The molecule has 0 spiro atoms. The van der Waals surface area contributed by atoms with E-state index in [9.17, 15) is 0 Å². The third-order valence-electron chi connectivity index (χ3n) is 6.23. The van der Waals surface area contributed by atoms with Gasteiger partial charge in [-0.3, -0.25) is 0 Å². The van der Waals surface area contributed by atoms with E-state index in [1.54, 1.807) is 0 Å². The molecule has 1 nitrogen and oxygen atoms in total. The molecule has 0 unspecified atom stereocenters. The largest absolute Gasteiger partial charge is 0.303 e. The van der Waals surface area contributed by atoms with Gasteiger partial charge in [0.2, 0.25) is 0 Å². The van der Waals surface area contributed by atoms with Gasteiger partial charge in [0, 0.05) is 0 Å². The molecule has 0 saturated heterocycles. The average Bonchev–Trinajstić information content (AvgIpc) is 2.71. The molecule has 0 saturated carbocycles. The lowest BCUT2D eigenvalue weighted by atomic mass is 10.1. The SMILES string of the molecule is CCCCCCCCCCCCCN(CCCCCCC)CCCCCCC. The fourth-order valence-electron chi connectivity index (χ4n) is 4.21. The number of rotatable bonds is 24. The maximum Gasteiger partial charge on any atom is -0.00187 e. The van der Waals surface area contributed by atoms with E-state index < -0.39 is 0 Å². The minimum Gasteiger partial charge on any atom is -0.303 e. The monoisotopic (exact) mass is 395 g/mol. The van der Waals surface area contributed by atoms with Gasteiger partial charge in [-0.25, -0.2) is 0 Å². The Morgan fingerprint density at radius 3 is 0.750 bits per heavy atom. The number of nitrogens with zero attached hydrogens (tertiary/aromatic N) is 1. The van der Waals surface area contributed by atoms with Crippen LogP contribution in [0.3, 0.4) is 0 Å². The van der Waals surface area contributed by atoms with Gasteiger partial charge in [-0.1, -0.05) is 136 Å². The zero-order valence-electron chi connectivity index (χ0n) is 20.4. The van der Waals surface area contributed by atoms with E-state index in [1.165, 1.54) is 154 Å². The molecule has 0 aromatic heterocycles. The molecular formula is C27H57N. The van der Waals surface area contributed by atoms with Crippen LogP contribution in [-0.2, 0) is 0 Å². The Kier molecular flexibility index (Phi) is 25.0. The summed E-state index contributed by atoms with van der Waals surface area (Å²) in [5.41, 5.74) is 0. The highest BCUT2D eigenvalue weighted by molar-refractivity contribution is 4.60. The molecule has 0 radical (unpaired) electrons. The van der Waals surface area contributed by atoms with Crippen molar-refractivity contribution < 1.29 is 0 Å². The van der Waals surface area contributed by atoms with Crippen molar-refractivity contribution in [3.05, 3.63) is 0 Å². The lowest BCUT2D eigenvalue weighted by molar-refractivity contribution is 0.254. The van der Waals surface area contributed by atoms with Crippen LogP contribution in [0.15, 0.2) is 0 Å². The van der Waals surface area contributed by atoms with Gasteiger partial charge in [-0.15, -0.1) is 0 Å². The van der Waals surface area contributed by atoms with E-state index in [2.05, 4.69) is 25.7 Å². The lowest BCUT2D eigenvalue weighted by Gasteiger charge is -2.22. The van der Waals surface area contributed by atoms with Crippen LogP contribution < -0.4 is 0 Å². The summed E-state index contributed by atoms with van der Waals surface area (Å²) < 4.78 is 0. The second-order valence-electron chi connectivity index (χ2n) is 9.21. The summed E-state index contributed by atoms with van der Waals surface area (Å²) >= 11 is 0. The highest BCUT2D eigenvalue weighted by Gasteiger charge is 2.05. The molecule has 0 rings (SSSR count). The Hall–Kier alpha value is -0.0400. The smallest absolute Gasteiger partial charge is 0.00187 e. The molecule has 0 aliphatic rings. The Morgan fingerprint density at radius 1 is 0.286 bits per heavy atom. The van der Waals surface area contributed by atoms with Gasteiger partial charge >= 0.3 is 0 Å². The molecule has 0 fully saturated rings. The van der Waals surface area contributed by atoms with Gasteiger partial charge in [0.05, 0.1) is 0 Å². The third-order valence-corrected chi connectivity index (χ3v) is 6.23. The van der Waals surface area contributed by atoms with Crippen LogP contribution in [0.4, 0.5) is 0 Å². The quantitative estimate of drug-likeness (QED) is 0.147. The van der Waals surface area contributed by atoms with Crippen molar-refractivity contribution in [2.24, 2.45) is 0 Å². The van der Waals surface area contributed by atoms with Gasteiger partial charge in [0.1, 0.15) is 0 Å². The van der Waals surface area contributed by atoms with Gasteiger partial charge in [0.15, 0.2) is 0 Å². The van der Waals surface area contributed by atoms with Crippen LogP contribution in [0, 0.1) is 0 Å². The number of hydrogen-bond acceptors (Lipinski definition) is 1. The molecule has 0 aliphatic heterocycles. The summed E-state index contributed by atoms with van der Waals surface area (Å²) in [4.78, 5) is 2.80. The van der Waals surface area contributed by atoms with E-state index in [4.69, 9.17) is 0 Å². The molecule has 0 N–H and O–H groups in total. The minimum atomic E-state index is 1.36. The molecule has 0 aromatic rings. The van der Waals surface area contributed by atoms with Crippen LogP contribution >= 0.6 is 0 Å². The fourth-order valence-corrected chi connectivity index (χ4v) is 4.21. The highest BCUT2D eigenvalue weighted by Crippen LogP contribution is 2.13. The summed E-state index contributed by atoms with van der Waals surface area (Å²) in [6, 6.07) is 0. The molecule has 0 amide bonds. The van der Waals surface area contributed by atoms with Crippen LogP contribution in [0.25, 0.3) is 0 Å². The topological polar surface area (TPSA) is 3.24 Å². The van der Waals surface area contributed by atoms with Crippen molar-refractivity contribution in [1.29, 1.82) is 0 Å². The first-order valence-corrected chi connectivity index (χ1v) is 13.6. The Bertz CT molecular complexity index is 249. The van der Waals surface area contributed by atoms with Crippen LogP contribution in [0.2, 0.25) is 0 Å². The summed E-state index contributed by atoms with van der Waals surface area (Å²) in [5.74, 6) is 0. The maximum atomic E-state index is 2.80. The van der Waals surface area contributed by atoms with E-state index >= 15 is 0 Å². The first-order valence-electron chi connectivity index (χ1n) is 13.6. The molecule has 0 heterocycles. The van der Waals surface area contributed by atoms with Crippen molar-refractivity contribution in [3.63, 3.8) is 0 Å². The van der Waals surface area contributed by atoms with Crippen molar-refractivity contribution in [3.8, 4) is 0 Å². The van der Waals surface area contributed by atoms with Crippen molar-refractivity contribution >= 4 is 0 Å². The van der Waals surface area contributed by atoms with Crippen LogP contribution in [0.5, 0.6) is 0 Å². The maximum absolute atomic E-state index is 2.80. The van der Waals surface area contributed by atoms with Crippen LogP contribution in [-0.4, -0.2) is 24.5 Å². The second kappa shape index (κ2) is 25.0. The average molecular weight is 396 g/mol. The molecule has 0 bridgehead atoms. The number of unbranched alkanes of at least 4 members (excludes halogenated alkanes) is 18. The van der Waals surface area contributed by atoms with Gasteiger partial charge < -0.3 is 4.90 Å². The normalized spacial score (nSPS) is 11.6. The first kappa shape index (κ1) is 28.0. The van der Waals surface area contributed by atoms with Crippen molar-refractivity contribution in [2.45, 2.75) is 156 Å². The Balaban J connectivity index is 3.66. The predicted molar refractivity (Wildman–Crippen MR) is 130 cm³/mol. The van der Waals surface area contributed by atoms with Crippen LogP contribution in [0.1, 0.15) is 156 Å². The van der Waals surface area contributed by atoms with Crippen molar-refractivity contribution in [2.75, 3.05) is 19.6 Å². The molecule has 28 heavy (non-hydrogen) atoms. The van der Waals surface area contributed by atoms with E-state index in [-0.39, 0.29) is 0 Å². The molecule has 0 aliphatic carbocycles. The first-order chi connectivity index (χ1) is 13.8. The fraction of sp³-hybridized carbons (Fsp3) is 1.00. The standard InChI is InChI=1S/C27H57N/c1-4-7-10-13-14-15-16-17-18-21-24-27-28(25-22-19-11-8-5-2)26-23-20-12-9-6-3/h4-27H2,1-3H3. The van der Waals surface area contributed by atoms with Gasteiger partial charge in [0.25, 0.3) is 0 Å². The van der Waals surface area contributed by atoms with Crippen molar-refractivity contribution in [1.82, 2.24) is 4.90 Å². The Morgan fingerprint density at radius 2 is 0.500 bits per heavy atom. The summed E-state index contributed by atoms with van der Waals surface area (Å²) in [7, 11) is 0. The number of hydrogen-bond donors (Lipinski definition) is 0. The second-order valence-corrected chi connectivity index (χ2v) is 9.21. The Labute approximate surface area is 180 Å². The minimum absolute atomic E-state index is 1.36.